The van der Waals surface area contributed by atoms with E-state index in [1.54, 1.807) is 11.9 Å². The highest BCUT2D eigenvalue weighted by Gasteiger charge is 2.17. The van der Waals surface area contributed by atoms with Gasteiger partial charge in [0.1, 0.15) is 0 Å². The van der Waals surface area contributed by atoms with Crippen LogP contribution in [0.15, 0.2) is 24.3 Å². The van der Waals surface area contributed by atoms with Gasteiger partial charge >= 0.3 is 5.97 Å². The normalized spacial score (nSPS) is 15.5. The summed E-state index contributed by atoms with van der Waals surface area (Å²) in [6.45, 7) is 0.460. The SMILES string of the molecule is CN(CCCC(=O)O)C(=O)c1ccc(C2SCCCS2)cc1. The molecule has 0 unspecified atom stereocenters. The Kier molecular flexibility index (Phi) is 6.64. The van der Waals surface area contributed by atoms with Gasteiger partial charge in [0.15, 0.2) is 0 Å². The Bertz CT molecular complexity index is 513. The predicted octanol–water partition coefficient (Wildman–Crippen LogP) is 3.49. The van der Waals surface area contributed by atoms with Crippen LogP contribution in [0.2, 0.25) is 0 Å². The maximum absolute atomic E-state index is 12.3. The van der Waals surface area contributed by atoms with Gasteiger partial charge in [0.05, 0.1) is 4.58 Å². The molecule has 2 rings (SSSR count). The molecule has 120 valence electrons. The van der Waals surface area contributed by atoms with E-state index >= 15 is 0 Å². The number of carbonyl (C=O) groups excluding carboxylic acids is 1. The maximum Gasteiger partial charge on any atom is 0.303 e. The summed E-state index contributed by atoms with van der Waals surface area (Å²) < 4.78 is 0.478. The van der Waals surface area contributed by atoms with Crippen LogP contribution in [0, 0.1) is 0 Å². The van der Waals surface area contributed by atoms with Gasteiger partial charge in [-0.1, -0.05) is 12.1 Å². The van der Waals surface area contributed by atoms with Crippen molar-refractivity contribution < 1.29 is 14.7 Å². The molecule has 0 saturated carbocycles. The van der Waals surface area contributed by atoms with Crippen LogP contribution < -0.4 is 0 Å². The zero-order valence-corrected chi connectivity index (χ0v) is 14.3. The van der Waals surface area contributed by atoms with Crippen molar-refractivity contribution in [3.8, 4) is 0 Å². The van der Waals surface area contributed by atoms with E-state index in [2.05, 4.69) is 0 Å². The van der Waals surface area contributed by atoms with E-state index in [1.807, 2.05) is 47.8 Å². The first-order valence-corrected chi connectivity index (χ1v) is 9.48. The monoisotopic (exact) mass is 339 g/mol. The Hall–Kier alpha value is -1.14. The highest BCUT2D eigenvalue weighted by Crippen LogP contribution is 2.43. The standard InChI is InChI=1S/C16H21NO3S2/c1-17(9-2-4-14(18)19)15(20)12-5-7-13(8-6-12)16-21-10-3-11-22-16/h5-8,16H,2-4,9-11H2,1H3,(H,18,19). The van der Waals surface area contributed by atoms with Gasteiger partial charge in [-0.3, -0.25) is 9.59 Å². The van der Waals surface area contributed by atoms with Gasteiger partial charge in [0.2, 0.25) is 0 Å². The molecule has 0 spiro atoms. The topological polar surface area (TPSA) is 57.6 Å². The number of aliphatic carboxylic acids is 1. The Balaban J connectivity index is 1.91. The molecule has 6 heteroatoms. The molecule has 1 fully saturated rings. The van der Waals surface area contributed by atoms with Gasteiger partial charge in [0, 0.05) is 25.6 Å². The summed E-state index contributed by atoms with van der Waals surface area (Å²) in [7, 11) is 1.71. The predicted molar refractivity (Wildman–Crippen MR) is 92.5 cm³/mol. The highest BCUT2D eigenvalue weighted by molar-refractivity contribution is 8.16. The molecule has 1 saturated heterocycles. The Morgan fingerprint density at radius 3 is 2.45 bits per heavy atom. The van der Waals surface area contributed by atoms with Crippen molar-refractivity contribution >= 4 is 35.4 Å². The zero-order valence-electron chi connectivity index (χ0n) is 12.7. The molecule has 1 aromatic rings. The number of nitrogens with zero attached hydrogens (tertiary/aromatic N) is 1. The van der Waals surface area contributed by atoms with Crippen LogP contribution in [0.25, 0.3) is 0 Å². The van der Waals surface area contributed by atoms with E-state index in [1.165, 1.54) is 23.5 Å². The maximum atomic E-state index is 12.3. The average Bonchev–Trinajstić information content (AvgIpc) is 2.54. The summed E-state index contributed by atoms with van der Waals surface area (Å²) in [5.74, 6) is 1.52. The van der Waals surface area contributed by atoms with Crippen LogP contribution in [0.3, 0.4) is 0 Å². The van der Waals surface area contributed by atoms with Crippen molar-refractivity contribution in [1.29, 1.82) is 0 Å². The fourth-order valence-electron chi connectivity index (χ4n) is 2.25. The van der Waals surface area contributed by atoms with Gasteiger partial charge in [-0.05, 0) is 42.0 Å². The molecule has 1 aliphatic heterocycles. The Morgan fingerprint density at radius 1 is 1.23 bits per heavy atom. The van der Waals surface area contributed by atoms with Crippen molar-refractivity contribution in [3.63, 3.8) is 0 Å². The molecular formula is C16H21NO3S2. The average molecular weight is 339 g/mol. The molecule has 1 heterocycles. The smallest absolute Gasteiger partial charge is 0.303 e. The largest absolute Gasteiger partial charge is 0.481 e. The number of carboxylic acid groups (broad SMARTS) is 1. The third kappa shape index (κ3) is 4.95. The number of hydrogen-bond acceptors (Lipinski definition) is 4. The summed E-state index contributed by atoms with van der Waals surface area (Å²) >= 11 is 3.93. The van der Waals surface area contributed by atoms with Crippen molar-refractivity contribution in [2.75, 3.05) is 25.1 Å². The van der Waals surface area contributed by atoms with Gasteiger partial charge in [-0.2, -0.15) is 0 Å². The van der Waals surface area contributed by atoms with E-state index < -0.39 is 5.97 Å². The first-order valence-electron chi connectivity index (χ1n) is 7.38. The Labute approximate surface area is 139 Å². The summed E-state index contributed by atoms with van der Waals surface area (Å²) in [6, 6.07) is 7.82. The first kappa shape index (κ1) is 17.2. The highest BCUT2D eigenvalue weighted by atomic mass is 32.2. The van der Waals surface area contributed by atoms with Crippen LogP contribution in [-0.4, -0.2) is 47.0 Å². The first-order chi connectivity index (χ1) is 10.6. The summed E-state index contributed by atoms with van der Waals surface area (Å²) in [5.41, 5.74) is 1.92. The zero-order chi connectivity index (χ0) is 15.9. The number of amides is 1. The molecule has 1 aromatic carbocycles. The number of hydrogen-bond donors (Lipinski definition) is 1. The van der Waals surface area contributed by atoms with Crippen LogP contribution >= 0.6 is 23.5 Å². The molecule has 1 N–H and O–H groups in total. The Morgan fingerprint density at radius 2 is 1.86 bits per heavy atom. The second-order valence-corrected chi connectivity index (χ2v) is 8.00. The lowest BCUT2D eigenvalue weighted by atomic mass is 10.1. The lowest BCUT2D eigenvalue weighted by Gasteiger charge is -2.21. The second kappa shape index (κ2) is 8.48. The lowest BCUT2D eigenvalue weighted by Crippen LogP contribution is -2.28. The van der Waals surface area contributed by atoms with Crippen molar-refractivity contribution in [2.45, 2.75) is 23.8 Å². The molecule has 1 amide bonds. The van der Waals surface area contributed by atoms with E-state index in [0.29, 0.717) is 23.1 Å². The van der Waals surface area contributed by atoms with Gasteiger partial charge < -0.3 is 10.0 Å². The molecule has 22 heavy (non-hydrogen) atoms. The van der Waals surface area contributed by atoms with Crippen molar-refractivity contribution in [1.82, 2.24) is 4.90 Å². The van der Waals surface area contributed by atoms with Gasteiger partial charge in [-0.15, -0.1) is 23.5 Å². The third-order valence-corrected chi connectivity index (χ3v) is 6.50. The summed E-state index contributed by atoms with van der Waals surface area (Å²) in [4.78, 5) is 24.4. The molecule has 1 aliphatic rings. The molecule has 4 nitrogen and oxygen atoms in total. The fourth-order valence-corrected chi connectivity index (χ4v) is 5.15. The minimum absolute atomic E-state index is 0.0547. The van der Waals surface area contributed by atoms with Crippen molar-refractivity contribution in [2.24, 2.45) is 0 Å². The van der Waals surface area contributed by atoms with Gasteiger partial charge in [0.25, 0.3) is 5.91 Å². The van der Waals surface area contributed by atoms with Crippen LogP contribution in [0.5, 0.6) is 0 Å². The molecule has 0 atom stereocenters. The number of rotatable bonds is 6. The molecule has 0 aromatic heterocycles. The summed E-state index contributed by atoms with van der Waals surface area (Å²) in [6.07, 6.45) is 1.83. The van der Waals surface area contributed by atoms with Crippen LogP contribution in [0.1, 0.15) is 39.8 Å². The van der Waals surface area contributed by atoms with E-state index in [4.69, 9.17) is 5.11 Å². The minimum atomic E-state index is -0.826. The fraction of sp³-hybridized carbons (Fsp3) is 0.500. The van der Waals surface area contributed by atoms with Crippen LogP contribution in [-0.2, 0) is 4.79 Å². The van der Waals surface area contributed by atoms with Crippen molar-refractivity contribution in [3.05, 3.63) is 35.4 Å². The quantitative estimate of drug-likeness (QED) is 0.860. The van der Waals surface area contributed by atoms with E-state index in [0.717, 1.165) is 0 Å². The van der Waals surface area contributed by atoms with E-state index in [-0.39, 0.29) is 12.3 Å². The molecule has 0 aliphatic carbocycles. The van der Waals surface area contributed by atoms with Crippen LogP contribution in [0.4, 0.5) is 0 Å². The number of benzene rings is 1. The number of thioether (sulfide) groups is 2. The molecular weight excluding hydrogens is 318 g/mol. The lowest BCUT2D eigenvalue weighted by molar-refractivity contribution is -0.137. The van der Waals surface area contributed by atoms with Gasteiger partial charge in [-0.25, -0.2) is 0 Å². The molecule has 0 bridgehead atoms. The number of carbonyl (C=O) groups is 2. The summed E-state index contributed by atoms with van der Waals surface area (Å²) in [5, 5.41) is 8.63. The van der Waals surface area contributed by atoms with E-state index in [9.17, 15) is 9.59 Å². The number of carboxylic acids is 1. The minimum Gasteiger partial charge on any atom is -0.481 e. The third-order valence-electron chi connectivity index (χ3n) is 3.49. The molecule has 0 radical (unpaired) electrons. The second-order valence-electron chi connectivity index (χ2n) is 5.27.